The summed E-state index contributed by atoms with van der Waals surface area (Å²) in [6.45, 7) is 3.81. The van der Waals surface area contributed by atoms with E-state index in [0.717, 1.165) is 18.9 Å². The Kier molecular flexibility index (Phi) is 5.22. The summed E-state index contributed by atoms with van der Waals surface area (Å²) in [7, 11) is 0. The SMILES string of the molecule is CCCC(C)C(O)c1ccc(Br)c(C(F)(F)F)c1. The van der Waals surface area contributed by atoms with E-state index in [4.69, 9.17) is 0 Å². The molecule has 0 bridgehead atoms. The Morgan fingerprint density at radius 1 is 1.33 bits per heavy atom. The Bertz CT molecular complexity index is 404. The second-order valence-electron chi connectivity index (χ2n) is 4.45. The van der Waals surface area contributed by atoms with Crippen molar-refractivity contribution in [1.29, 1.82) is 0 Å². The van der Waals surface area contributed by atoms with Crippen LogP contribution in [0.4, 0.5) is 13.2 Å². The van der Waals surface area contributed by atoms with Crippen LogP contribution in [-0.4, -0.2) is 5.11 Å². The molecule has 0 aromatic heterocycles. The maximum Gasteiger partial charge on any atom is 0.417 e. The highest BCUT2D eigenvalue weighted by Crippen LogP contribution is 2.37. The molecule has 0 fully saturated rings. The Hall–Kier alpha value is -0.550. The second-order valence-corrected chi connectivity index (χ2v) is 5.30. The number of benzene rings is 1. The first-order valence-electron chi connectivity index (χ1n) is 5.82. The van der Waals surface area contributed by atoms with Crippen molar-refractivity contribution in [2.75, 3.05) is 0 Å². The summed E-state index contributed by atoms with van der Waals surface area (Å²) in [4.78, 5) is 0. The predicted octanol–water partition coefficient (Wildman–Crippen LogP) is 4.94. The summed E-state index contributed by atoms with van der Waals surface area (Å²) >= 11 is 2.88. The van der Waals surface area contributed by atoms with Crippen LogP contribution in [-0.2, 0) is 6.18 Å². The summed E-state index contributed by atoms with van der Waals surface area (Å²) in [6.07, 6.45) is -3.61. The predicted molar refractivity (Wildman–Crippen MR) is 68.2 cm³/mol. The first-order chi connectivity index (χ1) is 8.27. The van der Waals surface area contributed by atoms with Gasteiger partial charge in [0.05, 0.1) is 11.7 Å². The van der Waals surface area contributed by atoms with Crippen molar-refractivity contribution in [3.8, 4) is 0 Å². The van der Waals surface area contributed by atoms with Crippen LogP contribution in [0, 0.1) is 5.92 Å². The van der Waals surface area contributed by atoms with Crippen LogP contribution >= 0.6 is 15.9 Å². The molecule has 0 spiro atoms. The lowest BCUT2D eigenvalue weighted by Gasteiger charge is -2.20. The van der Waals surface area contributed by atoms with E-state index >= 15 is 0 Å². The third-order valence-electron chi connectivity index (χ3n) is 2.92. The summed E-state index contributed by atoms with van der Waals surface area (Å²) in [6, 6.07) is 3.87. The van der Waals surface area contributed by atoms with E-state index in [9.17, 15) is 18.3 Å². The van der Waals surface area contributed by atoms with Gasteiger partial charge in [0.25, 0.3) is 0 Å². The topological polar surface area (TPSA) is 20.2 Å². The van der Waals surface area contributed by atoms with E-state index in [0.29, 0.717) is 5.56 Å². The highest BCUT2D eigenvalue weighted by Gasteiger charge is 2.33. The number of rotatable bonds is 4. The van der Waals surface area contributed by atoms with Gasteiger partial charge in [-0.25, -0.2) is 0 Å². The van der Waals surface area contributed by atoms with Crippen molar-refractivity contribution in [2.45, 2.75) is 39.0 Å². The minimum absolute atomic E-state index is 0.00547. The van der Waals surface area contributed by atoms with Gasteiger partial charge in [-0.1, -0.05) is 42.3 Å². The molecule has 0 amide bonds. The fraction of sp³-hybridized carbons (Fsp3) is 0.538. The molecule has 0 heterocycles. The first kappa shape index (κ1) is 15.5. The van der Waals surface area contributed by atoms with Gasteiger partial charge in [-0.3, -0.25) is 0 Å². The van der Waals surface area contributed by atoms with E-state index in [-0.39, 0.29) is 10.4 Å². The Balaban J connectivity index is 3.05. The highest BCUT2D eigenvalue weighted by molar-refractivity contribution is 9.10. The molecule has 0 aliphatic carbocycles. The molecule has 1 aromatic carbocycles. The molecule has 0 aliphatic rings. The number of alkyl halides is 3. The van der Waals surface area contributed by atoms with Gasteiger partial charge in [0.15, 0.2) is 0 Å². The Morgan fingerprint density at radius 3 is 2.44 bits per heavy atom. The van der Waals surface area contributed by atoms with Crippen molar-refractivity contribution >= 4 is 15.9 Å². The molecule has 5 heteroatoms. The molecule has 1 N–H and O–H groups in total. The molecule has 1 aromatic rings. The monoisotopic (exact) mass is 324 g/mol. The fourth-order valence-electron chi connectivity index (χ4n) is 1.89. The lowest BCUT2D eigenvalue weighted by Crippen LogP contribution is -2.12. The number of hydrogen-bond donors (Lipinski definition) is 1. The molecule has 0 radical (unpaired) electrons. The zero-order valence-electron chi connectivity index (χ0n) is 10.3. The van der Waals surface area contributed by atoms with Gasteiger partial charge < -0.3 is 5.11 Å². The van der Waals surface area contributed by atoms with Gasteiger partial charge in [-0.2, -0.15) is 13.2 Å². The van der Waals surface area contributed by atoms with Crippen molar-refractivity contribution in [2.24, 2.45) is 5.92 Å². The summed E-state index contributed by atoms with van der Waals surface area (Å²) in [5, 5.41) is 10.0. The van der Waals surface area contributed by atoms with Crippen LogP contribution in [0.3, 0.4) is 0 Å². The standard InChI is InChI=1S/C13H16BrF3O/c1-3-4-8(2)12(18)9-5-6-11(14)10(7-9)13(15,16)17/h5-8,12,18H,3-4H2,1-2H3. The molecule has 1 nitrogen and oxygen atoms in total. The maximum atomic E-state index is 12.7. The molecule has 18 heavy (non-hydrogen) atoms. The van der Waals surface area contributed by atoms with Crippen LogP contribution in [0.1, 0.15) is 43.9 Å². The van der Waals surface area contributed by atoms with Crippen LogP contribution in [0.2, 0.25) is 0 Å². The third kappa shape index (κ3) is 3.72. The number of hydrogen-bond acceptors (Lipinski definition) is 1. The van der Waals surface area contributed by atoms with Crippen molar-refractivity contribution in [3.63, 3.8) is 0 Å². The van der Waals surface area contributed by atoms with E-state index in [1.165, 1.54) is 12.1 Å². The van der Waals surface area contributed by atoms with Gasteiger partial charge in [0.1, 0.15) is 0 Å². The Labute approximate surface area is 113 Å². The van der Waals surface area contributed by atoms with Gasteiger partial charge >= 0.3 is 6.18 Å². The summed E-state index contributed by atoms with van der Waals surface area (Å²) in [5.74, 6) is -0.0581. The van der Waals surface area contributed by atoms with Crippen LogP contribution in [0.15, 0.2) is 22.7 Å². The minimum Gasteiger partial charge on any atom is -0.388 e. The van der Waals surface area contributed by atoms with Crippen LogP contribution in [0.5, 0.6) is 0 Å². The van der Waals surface area contributed by atoms with Crippen LogP contribution < -0.4 is 0 Å². The molecule has 2 unspecified atom stereocenters. The zero-order valence-corrected chi connectivity index (χ0v) is 11.8. The maximum absolute atomic E-state index is 12.7. The molecular weight excluding hydrogens is 309 g/mol. The van der Waals surface area contributed by atoms with Gasteiger partial charge in [0, 0.05) is 4.47 Å². The van der Waals surface area contributed by atoms with E-state index < -0.39 is 17.8 Å². The average molecular weight is 325 g/mol. The number of halogens is 4. The molecular formula is C13H16BrF3O. The quantitative estimate of drug-likeness (QED) is 0.831. The van der Waals surface area contributed by atoms with Crippen molar-refractivity contribution < 1.29 is 18.3 Å². The fourth-order valence-corrected chi connectivity index (χ4v) is 2.36. The first-order valence-corrected chi connectivity index (χ1v) is 6.61. The third-order valence-corrected chi connectivity index (χ3v) is 3.61. The van der Waals surface area contributed by atoms with Crippen molar-refractivity contribution in [3.05, 3.63) is 33.8 Å². The van der Waals surface area contributed by atoms with E-state index in [1.54, 1.807) is 0 Å². The molecule has 0 saturated heterocycles. The van der Waals surface area contributed by atoms with E-state index in [1.807, 2.05) is 13.8 Å². The number of aliphatic hydroxyl groups is 1. The lowest BCUT2D eigenvalue weighted by atomic mass is 9.93. The summed E-state index contributed by atoms with van der Waals surface area (Å²) in [5.41, 5.74) is -0.436. The molecule has 1 rings (SSSR count). The molecule has 102 valence electrons. The number of aliphatic hydroxyl groups excluding tert-OH is 1. The molecule has 0 saturated carbocycles. The molecule has 0 aliphatic heterocycles. The zero-order chi connectivity index (χ0) is 13.9. The van der Waals surface area contributed by atoms with Gasteiger partial charge in [0.2, 0.25) is 0 Å². The largest absolute Gasteiger partial charge is 0.417 e. The molecule has 2 atom stereocenters. The average Bonchev–Trinajstić information content (AvgIpc) is 2.27. The van der Waals surface area contributed by atoms with Crippen molar-refractivity contribution in [1.82, 2.24) is 0 Å². The highest BCUT2D eigenvalue weighted by atomic mass is 79.9. The smallest absolute Gasteiger partial charge is 0.388 e. The summed E-state index contributed by atoms with van der Waals surface area (Å²) < 4.78 is 38.2. The lowest BCUT2D eigenvalue weighted by molar-refractivity contribution is -0.138. The van der Waals surface area contributed by atoms with Gasteiger partial charge in [-0.05, 0) is 30.0 Å². The second kappa shape index (κ2) is 6.06. The van der Waals surface area contributed by atoms with E-state index in [2.05, 4.69) is 15.9 Å². The van der Waals surface area contributed by atoms with Gasteiger partial charge in [-0.15, -0.1) is 0 Å². The van der Waals surface area contributed by atoms with Crippen LogP contribution in [0.25, 0.3) is 0 Å². The normalized spacial score (nSPS) is 15.5. The minimum atomic E-state index is -4.41. The Morgan fingerprint density at radius 2 is 1.94 bits per heavy atom.